The second-order valence-corrected chi connectivity index (χ2v) is 7.92. The maximum absolute atomic E-state index is 11.2. The van der Waals surface area contributed by atoms with Gasteiger partial charge in [-0.2, -0.15) is 0 Å². The smallest absolute Gasteiger partial charge is 0.306 e. The zero-order chi connectivity index (χ0) is 19.9. The minimum atomic E-state index is -0.651. The number of aromatic nitrogens is 2. The SMILES string of the molecule is CC(=O)[C@@H]1CCC(c2ccncc2)C1.O=C(O)[C@@H]1CCC(c2ccncc2)C1. The first kappa shape index (κ1) is 20.2. The zero-order valence-corrected chi connectivity index (χ0v) is 16.3. The molecule has 0 aliphatic heterocycles. The van der Waals surface area contributed by atoms with E-state index in [1.807, 2.05) is 24.5 Å². The average Bonchev–Trinajstić information content (AvgIpc) is 3.40. The highest BCUT2D eigenvalue weighted by atomic mass is 16.4. The molecular formula is C23H28N2O3. The van der Waals surface area contributed by atoms with Crippen LogP contribution in [0.15, 0.2) is 49.1 Å². The maximum atomic E-state index is 11.2. The Morgan fingerprint density at radius 1 is 0.786 bits per heavy atom. The van der Waals surface area contributed by atoms with E-state index in [1.54, 1.807) is 19.3 Å². The monoisotopic (exact) mass is 380 g/mol. The fraction of sp³-hybridized carbons (Fsp3) is 0.478. The molecule has 0 amide bonds. The molecule has 2 aromatic rings. The van der Waals surface area contributed by atoms with Crippen molar-refractivity contribution in [2.75, 3.05) is 0 Å². The van der Waals surface area contributed by atoms with Crippen LogP contribution in [0, 0.1) is 11.8 Å². The van der Waals surface area contributed by atoms with Crippen LogP contribution in [0.25, 0.3) is 0 Å². The molecule has 0 bridgehead atoms. The van der Waals surface area contributed by atoms with Crippen molar-refractivity contribution in [2.24, 2.45) is 11.8 Å². The van der Waals surface area contributed by atoms with Gasteiger partial charge < -0.3 is 5.11 Å². The molecule has 28 heavy (non-hydrogen) atoms. The van der Waals surface area contributed by atoms with Crippen molar-refractivity contribution >= 4 is 11.8 Å². The van der Waals surface area contributed by atoms with E-state index in [0.29, 0.717) is 23.5 Å². The number of ketones is 1. The van der Waals surface area contributed by atoms with E-state index in [4.69, 9.17) is 5.11 Å². The van der Waals surface area contributed by atoms with Crippen LogP contribution in [-0.2, 0) is 9.59 Å². The molecule has 0 spiro atoms. The second kappa shape index (κ2) is 9.58. The third-order valence-electron chi connectivity index (χ3n) is 6.14. The van der Waals surface area contributed by atoms with Crippen molar-refractivity contribution < 1.29 is 14.7 Å². The number of carbonyl (C=O) groups is 2. The van der Waals surface area contributed by atoms with Crippen LogP contribution in [0.2, 0.25) is 0 Å². The lowest BCUT2D eigenvalue weighted by Crippen LogP contribution is -2.09. The molecule has 2 heterocycles. The lowest BCUT2D eigenvalue weighted by molar-refractivity contribution is -0.141. The van der Waals surface area contributed by atoms with Crippen molar-refractivity contribution in [3.8, 4) is 0 Å². The lowest BCUT2D eigenvalue weighted by Gasteiger charge is -2.09. The third kappa shape index (κ3) is 5.24. The molecule has 2 aliphatic rings. The van der Waals surface area contributed by atoms with Gasteiger partial charge in [0.05, 0.1) is 5.92 Å². The summed E-state index contributed by atoms with van der Waals surface area (Å²) in [6, 6.07) is 8.09. The van der Waals surface area contributed by atoms with E-state index in [9.17, 15) is 9.59 Å². The number of carboxylic acids is 1. The number of hydrogen-bond acceptors (Lipinski definition) is 4. The van der Waals surface area contributed by atoms with Gasteiger partial charge in [-0.05, 0) is 92.7 Å². The Hall–Kier alpha value is -2.56. The average molecular weight is 380 g/mol. The van der Waals surface area contributed by atoms with Gasteiger partial charge in [-0.15, -0.1) is 0 Å². The number of hydrogen-bond donors (Lipinski definition) is 1. The molecule has 2 aromatic heterocycles. The van der Waals surface area contributed by atoms with Crippen LogP contribution in [-0.4, -0.2) is 26.8 Å². The van der Waals surface area contributed by atoms with Crippen molar-refractivity contribution in [3.05, 3.63) is 60.2 Å². The summed E-state index contributed by atoms with van der Waals surface area (Å²) in [6.45, 7) is 1.71. The van der Waals surface area contributed by atoms with E-state index < -0.39 is 5.97 Å². The highest BCUT2D eigenvalue weighted by Crippen LogP contribution is 2.39. The summed E-state index contributed by atoms with van der Waals surface area (Å²) in [5.74, 6) is 0.843. The first-order valence-corrected chi connectivity index (χ1v) is 10.1. The largest absolute Gasteiger partial charge is 0.481 e. The molecule has 2 unspecified atom stereocenters. The highest BCUT2D eigenvalue weighted by molar-refractivity contribution is 5.78. The molecule has 148 valence electrons. The van der Waals surface area contributed by atoms with Crippen LogP contribution < -0.4 is 0 Å². The molecule has 2 saturated carbocycles. The normalized spacial score (nSPS) is 26.3. The number of aliphatic carboxylic acids is 1. The molecule has 4 rings (SSSR count). The summed E-state index contributed by atoms with van der Waals surface area (Å²) in [4.78, 5) is 29.9. The maximum Gasteiger partial charge on any atom is 0.306 e. The molecule has 0 aromatic carbocycles. The van der Waals surface area contributed by atoms with Gasteiger partial charge in [-0.3, -0.25) is 19.6 Å². The van der Waals surface area contributed by atoms with Gasteiger partial charge in [-0.25, -0.2) is 0 Å². The van der Waals surface area contributed by atoms with Gasteiger partial charge in [0.15, 0.2) is 0 Å². The molecule has 5 heteroatoms. The Labute approximate surface area is 166 Å². The molecule has 4 atom stereocenters. The van der Waals surface area contributed by atoms with Crippen molar-refractivity contribution in [1.29, 1.82) is 0 Å². The molecular weight excluding hydrogens is 352 g/mol. The third-order valence-corrected chi connectivity index (χ3v) is 6.14. The topological polar surface area (TPSA) is 80.2 Å². The Bertz CT molecular complexity index is 711. The Kier molecular flexibility index (Phi) is 6.90. The van der Waals surface area contributed by atoms with Crippen LogP contribution >= 0.6 is 0 Å². The fourth-order valence-corrected chi connectivity index (χ4v) is 4.43. The second-order valence-electron chi connectivity index (χ2n) is 7.92. The predicted octanol–water partition coefficient (Wildman–Crippen LogP) is 4.60. The summed E-state index contributed by atoms with van der Waals surface area (Å²) in [7, 11) is 0. The molecule has 0 radical (unpaired) electrons. The van der Waals surface area contributed by atoms with E-state index in [1.165, 1.54) is 11.1 Å². The highest BCUT2D eigenvalue weighted by Gasteiger charge is 2.30. The van der Waals surface area contributed by atoms with Crippen LogP contribution in [0.3, 0.4) is 0 Å². The molecule has 2 fully saturated rings. The number of pyridine rings is 2. The minimum Gasteiger partial charge on any atom is -0.481 e. The van der Waals surface area contributed by atoms with Gasteiger partial charge in [0.25, 0.3) is 0 Å². The van der Waals surface area contributed by atoms with Crippen LogP contribution in [0.4, 0.5) is 0 Å². The number of carbonyl (C=O) groups excluding carboxylic acids is 1. The lowest BCUT2D eigenvalue weighted by atomic mass is 9.96. The van der Waals surface area contributed by atoms with Crippen LogP contribution in [0.5, 0.6) is 0 Å². The first-order chi connectivity index (χ1) is 13.5. The van der Waals surface area contributed by atoms with Crippen LogP contribution in [0.1, 0.15) is 68.4 Å². The summed E-state index contributed by atoms with van der Waals surface area (Å²) in [5, 5.41) is 8.87. The summed E-state index contributed by atoms with van der Waals surface area (Å²) in [6.07, 6.45) is 13.0. The quantitative estimate of drug-likeness (QED) is 0.838. The first-order valence-electron chi connectivity index (χ1n) is 10.1. The molecule has 1 N–H and O–H groups in total. The number of Topliss-reactive ketones (excluding diaryl/α,β-unsaturated/α-hetero) is 1. The summed E-state index contributed by atoms with van der Waals surface area (Å²) < 4.78 is 0. The van der Waals surface area contributed by atoms with Crippen molar-refractivity contribution in [1.82, 2.24) is 9.97 Å². The Morgan fingerprint density at radius 2 is 1.21 bits per heavy atom. The number of rotatable bonds is 4. The van der Waals surface area contributed by atoms with E-state index >= 15 is 0 Å². The molecule has 2 aliphatic carbocycles. The Morgan fingerprint density at radius 3 is 1.57 bits per heavy atom. The van der Waals surface area contributed by atoms with Gasteiger partial charge in [0, 0.05) is 30.7 Å². The standard InChI is InChI=1S/C12H15NO.C11H13NO2/c1-9(14)11-2-3-12(8-11)10-4-6-13-7-5-10;13-11(14)10-2-1-9(7-10)8-3-5-12-6-4-8/h4-7,11-12H,2-3,8H2,1H3;3-6,9-10H,1-2,7H2,(H,13,14)/t11-,12?;9?,10-/m11/s1. The number of nitrogens with zero attached hydrogens (tertiary/aromatic N) is 2. The van der Waals surface area contributed by atoms with E-state index in [0.717, 1.165) is 38.5 Å². The van der Waals surface area contributed by atoms with E-state index in [-0.39, 0.29) is 5.92 Å². The van der Waals surface area contributed by atoms with Gasteiger partial charge in [0.1, 0.15) is 5.78 Å². The van der Waals surface area contributed by atoms with Gasteiger partial charge in [-0.1, -0.05) is 0 Å². The predicted molar refractivity (Wildman–Crippen MR) is 107 cm³/mol. The number of carboxylic acid groups (broad SMARTS) is 1. The van der Waals surface area contributed by atoms with E-state index in [2.05, 4.69) is 22.1 Å². The van der Waals surface area contributed by atoms with Crippen molar-refractivity contribution in [3.63, 3.8) is 0 Å². The zero-order valence-electron chi connectivity index (χ0n) is 16.3. The Balaban J connectivity index is 0.000000161. The van der Waals surface area contributed by atoms with Gasteiger partial charge >= 0.3 is 5.97 Å². The molecule has 0 saturated heterocycles. The summed E-state index contributed by atoms with van der Waals surface area (Å²) >= 11 is 0. The van der Waals surface area contributed by atoms with Crippen molar-refractivity contribution in [2.45, 2.75) is 57.3 Å². The molecule has 5 nitrogen and oxygen atoms in total. The summed E-state index contributed by atoms with van der Waals surface area (Å²) in [5.41, 5.74) is 2.56. The fourth-order valence-electron chi connectivity index (χ4n) is 4.43. The van der Waals surface area contributed by atoms with Gasteiger partial charge in [0.2, 0.25) is 0 Å². The minimum absolute atomic E-state index is 0.145.